The Morgan fingerprint density at radius 3 is 2.67 bits per heavy atom. The number of carbonyl (C=O) groups is 1. The van der Waals surface area contributed by atoms with E-state index in [0.29, 0.717) is 31.9 Å². The highest BCUT2D eigenvalue weighted by atomic mass is 32.2. The summed E-state index contributed by atoms with van der Waals surface area (Å²) in [5.74, 6) is 0.571. The van der Waals surface area contributed by atoms with E-state index in [-0.39, 0.29) is 23.5 Å². The minimum Gasteiger partial charge on any atom is -0.491 e. The Balaban J connectivity index is 1.18. The van der Waals surface area contributed by atoms with Gasteiger partial charge in [0, 0.05) is 48.0 Å². The maximum absolute atomic E-state index is 13.4. The molecule has 0 saturated carbocycles. The van der Waals surface area contributed by atoms with Gasteiger partial charge in [-0.25, -0.2) is 13.1 Å². The average molecular weight is 544 g/mol. The molecule has 39 heavy (non-hydrogen) atoms. The fourth-order valence-corrected chi connectivity index (χ4v) is 6.09. The molecule has 1 aromatic heterocycles. The number of pyridine rings is 1. The highest BCUT2D eigenvalue weighted by Crippen LogP contribution is 2.31. The van der Waals surface area contributed by atoms with Crippen molar-refractivity contribution in [3.05, 3.63) is 90.1 Å². The van der Waals surface area contributed by atoms with Crippen molar-refractivity contribution in [2.45, 2.75) is 30.4 Å². The summed E-state index contributed by atoms with van der Waals surface area (Å²) in [6.07, 6.45) is 3.55. The van der Waals surface area contributed by atoms with Gasteiger partial charge >= 0.3 is 0 Å². The van der Waals surface area contributed by atoms with Crippen LogP contribution in [0.2, 0.25) is 0 Å². The highest BCUT2D eigenvalue weighted by Gasteiger charge is 2.24. The Morgan fingerprint density at radius 1 is 1.00 bits per heavy atom. The summed E-state index contributed by atoms with van der Waals surface area (Å²) in [5, 5.41) is 1.06. The lowest BCUT2D eigenvalue weighted by Crippen LogP contribution is -2.33. The van der Waals surface area contributed by atoms with E-state index in [2.05, 4.69) is 15.8 Å². The molecule has 1 unspecified atom stereocenters. The Bertz CT molecular complexity index is 1620. The number of hydrogen-bond donors (Lipinski definition) is 1. The zero-order valence-corrected chi connectivity index (χ0v) is 22.2. The third-order valence-electron chi connectivity index (χ3n) is 7.19. The van der Waals surface area contributed by atoms with Crippen molar-refractivity contribution in [3.63, 3.8) is 0 Å². The maximum atomic E-state index is 13.4. The van der Waals surface area contributed by atoms with Crippen LogP contribution in [-0.4, -0.2) is 56.6 Å². The molecule has 9 heteroatoms. The number of benzene rings is 3. The monoisotopic (exact) mass is 543 g/mol. The van der Waals surface area contributed by atoms with Gasteiger partial charge in [0.25, 0.3) is 5.91 Å². The van der Waals surface area contributed by atoms with Gasteiger partial charge in [-0.2, -0.15) is 0 Å². The van der Waals surface area contributed by atoms with Gasteiger partial charge in [0.15, 0.2) is 0 Å². The van der Waals surface area contributed by atoms with E-state index in [1.54, 1.807) is 17.0 Å². The molecule has 1 N–H and O–H groups in total. The average Bonchev–Trinajstić information content (AvgIpc) is 3.40. The second-order valence-corrected chi connectivity index (χ2v) is 11.6. The number of hydrogen-bond acceptors (Lipinski definition) is 6. The van der Waals surface area contributed by atoms with Crippen molar-refractivity contribution in [1.82, 2.24) is 14.6 Å². The lowest BCUT2D eigenvalue weighted by atomic mass is 10.0. The fraction of sp³-hybridized carbons (Fsp3) is 0.267. The van der Waals surface area contributed by atoms with Crippen LogP contribution < -0.4 is 9.46 Å². The Morgan fingerprint density at radius 2 is 1.85 bits per heavy atom. The molecule has 1 fully saturated rings. The fourth-order valence-electron chi connectivity index (χ4n) is 5.03. The van der Waals surface area contributed by atoms with Crippen molar-refractivity contribution in [2.75, 3.05) is 26.3 Å². The zero-order chi connectivity index (χ0) is 26.8. The third kappa shape index (κ3) is 5.52. The van der Waals surface area contributed by atoms with Crippen LogP contribution in [0.25, 0.3) is 22.0 Å². The summed E-state index contributed by atoms with van der Waals surface area (Å²) < 4.78 is 39.4. The predicted octanol–water partition coefficient (Wildman–Crippen LogP) is 4.39. The minimum absolute atomic E-state index is 0.0909. The van der Waals surface area contributed by atoms with E-state index in [1.807, 2.05) is 48.7 Å². The Hall–Kier alpha value is -3.79. The number of carbonyl (C=O) groups excluding carboxylic acids is 1. The van der Waals surface area contributed by atoms with E-state index in [0.717, 1.165) is 46.2 Å². The largest absolute Gasteiger partial charge is 0.491 e. The number of sulfonamides is 1. The number of fused-ring (bicyclic) bond motifs is 2. The number of ether oxygens (including phenoxy) is 2. The maximum Gasteiger partial charge on any atom is 0.254 e. The molecule has 8 nitrogen and oxygen atoms in total. The van der Waals surface area contributed by atoms with Crippen molar-refractivity contribution >= 4 is 26.8 Å². The van der Waals surface area contributed by atoms with Crippen molar-refractivity contribution in [2.24, 2.45) is 0 Å². The molecule has 3 aromatic carbocycles. The number of nitrogens with one attached hydrogen (secondary N) is 1. The molecule has 2 aliphatic heterocycles. The first-order chi connectivity index (χ1) is 19.0. The highest BCUT2D eigenvalue weighted by molar-refractivity contribution is 7.89. The van der Waals surface area contributed by atoms with Crippen LogP contribution in [-0.2, 0) is 21.3 Å². The first-order valence-electron chi connectivity index (χ1n) is 13.1. The summed E-state index contributed by atoms with van der Waals surface area (Å²) in [4.78, 5) is 19.8. The summed E-state index contributed by atoms with van der Waals surface area (Å²) in [7, 11) is -3.69. The van der Waals surface area contributed by atoms with Gasteiger partial charge < -0.3 is 14.4 Å². The normalized spacial score (nSPS) is 17.4. The van der Waals surface area contributed by atoms with Gasteiger partial charge in [-0.05, 0) is 66.9 Å². The zero-order valence-electron chi connectivity index (χ0n) is 21.4. The third-order valence-corrected chi connectivity index (χ3v) is 8.63. The second kappa shape index (κ2) is 10.8. The van der Waals surface area contributed by atoms with Gasteiger partial charge in [0.1, 0.15) is 12.4 Å². The number of para-hydroxylation sites is 1. The number of amides is 1. The molecule has 6 rings (SSSR count). The second-order valence-electron chi connectivity index (χ2n) is 9.83. The quantitative estimate of drug-likeness (QED) is 0.387. The minimum atomic E-state index is -3.69. The molecule has 1 saturated heterocycles. The first kappa shape index (κ1) is 25.5. The lowest BCUT2D eigenvalue weighted by molar-refractivity contribution is 0.0733. The van der Waals surface area contributed by atoms with Gasteiger partial charge in [0.05, 0.1) is 23.1 Å². The topological polar surface area (TPSA) is 97.8 Å². The van der Waals surface area contributed by atoms with E-state index >= 15 is 0 Å². The van der Waals surface area contributed by atoms with Crippen LogP contribution in [0.3, 0.4) is 0 Å². The smallest absolute Gasteiger partial charge is 0.254 e. The molecule has 0 bridgehead atoms. The number of aromatic nitrogens is 1. The summed E-state index contributed by atoms with van der Waals surface area (Å²) in [6, 6.07) is 22.1. The van der Waals surface area contributed by atoms with Gasteiger partial charge in [-0.1, -0.05) is 24.3 Å². The standard InChI is InChI=1S/C30H29N3O5S/c34-30(21-7-10-27(11-8-21)39(35,36)32-19-26-5-3-14-37-26)33-13-15-38-29-12-9-22(16-25(29)20-33)24-17-23-4-1-2-6-28(23)31-18-24/h1-2,4,6-12,16-18,26,32H,3,5,13-15,19-20H2. The number of nitrogens with zero attached hydrogens (tertiary/aromatic N) is 2. The molecule has 3 heterocycles. The SMILES string of the molecule is O=C(c1ccc(S(=O)(=O)NCC2CCCO2)cc1)N1CCOc2ccc(-c3cnc4ccccc4c3)cc2C1. The van der Waals surface area contributed by atoms with Crippen LogP contribution in [0.1, 0.15) is 28.8 Å². The van der Waals surface area contributed by atoms with E-state index in [1.165, 1.54) is 12.1 Å². The van der Waals surface area contributed by atoms with Crippen LogP contribution >= 0.6 is 0 Å². The molecule has 0 aliphatic carbocycles. The molecule has 200 valence electrons. The molecule has 2 aliphatic rings. The van der Waals surface area contributed by atoms with E-state index in [9.17, 15) is 13.2 Å². The van der Waals surface area contributed by atoms with Crippen LogP contribution in [0.5, 0.6) is 5.75 Å². The van der Waals surface area contributed by atoms with E-state index < -0.39 is 10.0 Å². The van der Waals surface area contributed by atoms with Gasteiger partial charge in [-0.3, -0.25) is 9.78 Å². The first-order valence-corrected chi connectivity index (χ1v) is 14.6. The molecular weight excluding hydrogens is 514 g/mol. The molecule has 4 aromatic rings. The molecule has 0 spiro atoms. The Labute approximate surface area is 227 Å². The van der Waals surface area contributed by atoms with Crippen LogP contribution in [0.15, 0.2) is 83.9 Å². The molecule has 1 amide bonds. The van der Waals surface area contributed by atoms with Crippen molar-refractivity contribution < 1.29 is 22.7 Å². The van der Waals surface area contributed by atoms with Crippen molar-refractivity contribution in [1.29, 1.82) is 0 Å². The lowest BCUT2D eigenvalue weighted by Gasteiger charge is -2.20. The van der Waals surface area contributed by atoms with Gasteiger partial charge in [0.2, 0.25) is 10.0 Å². The van der Waals surface area contributed by atoms with Crippen LogP contribution in [0, 0.1) is 0 Å². The van der Waals surface area contributed by atoms with E-state index in [4.69, 9.17) is 9.47 Å². The summed E-state index contributed by atoms with van der Waals surface area (Å²) >= 11 is 0. The molecular formula is C30H29N3O5S. The summed E-state index contributed by atoms with van der Waals surface area (Å²) in [5.41, 5.74) is 4.25. The summed E-state index contributed by atoms with van der Waals surface area (Å²) in [6.45, 7) is 2.08. The molecule has 1 atom stereocenters. The number of rotatable bonds is 6. The van der Waals surface area contributed by atoms with Crippen LogP contribution in [0.4, 0.5) is 0 Å². The Kier molecular flexibility index (Phi) is 7.03. The van der Waals surface area contributed by atoms with Crippen molar-refractivity contribution in [3.8, 4) is 16.9 Å². The predicted molar refractivity (Wildman–Crippen MR) is 148 cm³/mol. The van der Waals surface area contributed by atoms with Gasteiger partial charge in [-0.15, -0.1) is 0 Å². The molecule has 0 radical (unpaired) electrons.